The Morgan fingerprint density at radius 3 is 1.60 bits per heavy atom. The van der Waals surface area contributed by atoms with Crippen LogP contribution in [0.2, 0.25) is 0 Å². The summed E-state index contributed by atoms with van der Waals surface area (Å²) in [4.78, 5) is 24.7. The minimum Gasteiger partial charge on any atom is -0.449 e. The van der Waals surface area contributed by atoms with E-state index in [4.69, 9.17) is 14.9 Å². The summed E-state index contributed by atoms with van der Waals surface area (Å²) >= 11 is 0. The average molecular weight is 424 g/mol. The Balaban J connectivity index is -0.000000245. The molecule has 0 spiro atoms. The molecule has 0 aliphatic rings. The molecule has 0 aliphatic heterocycles. The maximum atomic E-state index is 9.53. The smallest absolute Gasteiger partial charge is 0.449 e. The van der Waals surface area contributed by atoms with E-state index in [1.54, 1.807) is 0 Å². The molecule has 0 unspecified atom stereocenters. The molecule has 0 heterocycles. The monoisotopic (exact) mass is 424 g/mol. The molecule has 0 amide bonds. The third-order valence-corrected chi connectivity index (χ3v) is 0.591. The van der Waals surface area contributed by atoms with Gasteiger partial charge in [-0.15, -0.1) is 0 Å². The third kappa shape index (κ3) is 16.6. The summed E-state index contributed by atoms with van der Waals surface area (Å²) < 4.78 is 12.6. The number of rotatable bonds is 1. The molecule has 3 N–H and O–H groups in total. The van der Waals surface area contributed by atoms with E-state index in [1.165, 1.54) is 0 Å². The number of hydrogen-bond donors (Lipinski definition) is 3. The van der Waals surface area contributed by atoms with Crippen LogP contribution in [0, 0.1) is 82.6 Å². The maximum absolute atomic E-state index is 9.53. The molecule has 0 aromatic heterocycles. The van der Waals surface area contributed by atoms with Gasteiger partial charge < -0.3 is 9.63 Å². The number of hydrogen-bond acceptors (Lipinski definition) is 3. The van der Waals surface area contributed by atoms with Gasteiger partial charge in [0.05, 0.1) is 0 Å². The Kier molecular flexibility index (Phi) is 14.0. The molecule has 6 nitrogen and oxygen atoms in total. The summed E-state index contributed by atoms with van der Waals surface area (Å²) in [5.41, 5.74) is 0. The molecule has 0 saturated heterocycles. The molecule has 0 aromatic rings. The molecule has 0 fully saturated rings. The molecule has 0 rings (SSSR count). The zero-order valence-corrected chi connectivity index (χ0v) is 13.0. The van der Waals surface area contributed by atoms with Crippen LogP contribution < -0.4 is 0 Å². The second-order valence-corrected chi connectivity index (χ2v) is 2.01. The van der Waals surface area contributed by atoms with Crippen molar-refractivity contribution in [3.8, 4) is 0 Å². The van der Waals surface area contributed by atoms with Crippen LogP contribution in [0.3, 0.4) is 0 Å². The minimum absolute atomic E-state index is 0. The fraction of sp³-hybridized carbons (Fsp3) is 0. The van der Waals surface area contributed by atoms with E-state index in [2.05, 4.69) is 4.52 Å². The van der Waals surface area contributed by atoms with Crippen LogP contribution in [0.25, 0.3) is 0 Å². The van der Waals surface area contributed by atoms with Crippen molar-refractivity contribution in [3.05, 3.63) is 0 Å². The van der Waals surface area contributed by atoms with Crippen LogP contribution in [0.15, 0.2) is 0 Å². The van der Waals surface area contributed by atoms with Gasteiger partial charge in [0, 0.05) is 82.6 Å². The van der Waals surface area contributed by atoms with E-state index in [0.29, 0.717) is 0 Å². The van der Waals surface area contributed by atoms with Crippen LogP contribution >= 0.6 is 7.82 Å². The van der Waals surface area contributed by atoms with Crippen LogP contribution in [0.5, 0.6) is 0 Å². The van der Waals surface area contributed by atoms with Crippen LogP contribution in [0.1, 0.15) is 0 Å². The minimum atomic E-state index is -4.82. The summed E-state index contributed by atoms with van der Waals surface area (Å²) in [5, 5.41) is 7.53. The predicted molar refractivity (Wildman–Crippen MR) is 21.2 cm³/mol. The molecule has 54 valence electrons. The number of phosphoric ester groups is 1. The van der Waals surface area contributed by atoms with Crippen molar-refractivity contribution >= 4 is 14.0 Å². The molecule has 0 bridgehead atoms. The fourth-order valence-corrected chi connectivity index (χ4v) is 0.305. The SMILES string of the molecule is O=C(O)OP(=O)(O)O.[Pr].[Pr]. The molecule has 2 radical (unpaired) electrons. The molecule has 0 atom stereocenters. The first kappa shape index (κ1) is 18.0. The third-order valence-electron chi connectivity index (χ3n) is 0.197. The van der Waals surface area contributed by atoms with Gasteiger partial charge in [-0.25, -0.2) is 9.36 Å². The van der Waals surface area contributed by atoms with E-state index in [1.807, 2.05) is 0 Å². The van der Waals surface area contributed by atoms with Crippen molar-refractivity contribution in [2.24, 2.45) is 0 Å². The summed E-state index contributed by atoms with van der Waals surface area (Å²) in [6.07, 6.45) is -1.99. The van der Waals surface area contributed by atoms with E-state index in [0.717, 1.165) is 0 Å². The summed E-state index contributed by atoms with van der Waals surface area (Å²) in [5.74, 6) is 0. The zero-order chi connectivity index (χ0) is 6.78. The molecule has 9 heteroatoms. The van der Waals surface area contributed by atoms with E-state index in [9.17, 15) is 9.36 Å². The number of carbonyl (C=O) groups is 1. The van der Waals surface area contributed by atoms with Crippen molar-refractivity contribution in [2.45, 2.75) is 0 Å². The Labute approximate surface area is 123 Å². The van der Waals surface area contributed by atoms with E-state index >= 15 is 0 Å². The first-order valence-electron chi connectivity index (χ1n) is 1.40. The van der Waals surface area contributed by atoms with Gasteiger partial charge in [-0.3, -0.25) is 9.79 Å². The van der Waals surface area contributed by atoms with Crippen molar-refractivity contribution in [2.75, 3.05) is 0 Å². The first-order chi connectivity index (χ1) is 3.42. The molecule has 0 aliphatic carbocycles. The summed E-state index contributed by atoms with van der Waals surface area (Å²) in [6, 6.07) is 0. The normalized spacial score (nSPS) is 8.60. The van der Waals surface area contributed by atoms with Gasteiger partial charge in [0.15, 0.2) is 0 Å². The largest absolute Gasteiger partial charge is 0.529 e. The van der Waals surface area contributed by atoms with Crippen molar-refractivity contribution in [1.82, 2.24) is 0 Å². The van der Waals surface area contributed by atoms with Gasteiger partial charge in [0.2, 0.25) is 0 Å². The number of carboxylic acid groups (broad SMARTS) is 1. The average Bonchev–Trinajstić information content (AvgIpc) is 1.21. The Morgan fingerprint density at radius 2 is 1.60 bits per heavy atom. The van der Waals surface area contributed by atoms with Gasteiger partial charge in [-0.1, -0.05) is 0 Å². The molecular weight excluding hydrogens is 421 g/mol. The van der Waals surface area contributed by atoms with Gasteiger partial charge in [0.25, 0.3) is 0 Å². The predicted octanol–water partition coefficient (Wildman–Crippen LogP) is -0.226. The number of phosphoric acid groups is 1. The quantitative estimate of drug-likeness (QED) is 0.503. The van der Waals surface area contributed by atoms with Crippen LogP contribution in [-0.2, 0) is 9.09 Å². The van der Waals surface area contributed by atoms with Gasteiger partial charge in [0.1, 0.15) is 0 Å². The molecule has 10 heavy (non-hydrogen) atoms. The standard InChI is InChI=1S/CH3O6P.2Pr/c2-1(3)7-8(4,5)6;;/h(H,2,3)(H2,4,5,6);;. The topological polar surface area (TPSA) is 104 Å². The van der Waals surface area contributed by atoms with Crippen molar-refractivity contribution < 1.29 is 111 Å². The first-order valence-corrected chi connectivity index (χ1v) is 2.93. The van der Waals surface area contributed by atoms with E-state index in [-0.39, 0.29) is 82.6 Å². The Hall–Kier alpha value is 2.15. The van der Waals surface area contributed by atoms with Gasteiger partial charge in [-0.2, -0.15) is 0 Å². The molecular formula is CH3O6PPr2. The second kappa shape index (κ2) is 7.78. The Morgan fingerprint density at radius 1 is 1.30 bits per heavy atom. The molecule has 0 aromatic carbocycles. The van der Waals surface area contributed by atoms with Crippen molar-refractivity contribution in [3.63, 3.8) is 0 Å². The summed E-state index contributed by atoms with van der Waals surface area (Å²) in [6.45, 7) is 0. The maximum Gasteiger partial charge on any atom is 0.529 e. The summed E-state index contributed by atoms with van der Waals surface area (Å²) in [7, 11) is -4.82. The Bertz CT molecular complexity index is 139. The van der Waals surface area contributed by atoms with Crippen LogP contribution in [0.4, 0.5) is 4.79 Å². The van der Waals surface area contributed by atoms with Gasteiger partial charge in [-0.05, 0) is 0 Å². The van der Waals surface area contributed by atoms with Gasteiger partial charge >= 0.3 is 14.0 Å². The second-order valence-electron chi connectivity index (χ2n) is 0.848. The molecule has 0 saturated carbocycles. The van der Waals surface area contributed by atoms with E-state index < -0.39 is 14.0 Å². The zero-order valence-electron chi connectivity index (χ0n) is 4.67. The van der Waals surface area contributed by atoms with Crippen LogP contribution in [-0.4, -0.2) is 21.0 Å². The fourth-order valence-electron chi connectivity index (χ4n) is 0.102. The van der Waals surface area contributed by atoms with Crippen molar-refractivity contribution in [1.29, 1.82) is 0 Å².